The van der Waals surface area contributed by atoms with Crippen molar-refractivity contribution >= 4 is 5.91 Å². The van der Waals surface area contributed by atoms with Crippen molar-refractivity contribution < 1.29 is 4.79 Å². The first-order valence-electron chi connectivity index (χ1n) is 6.08. The lowest BCUT2D eigenvalue weighted by Gasteiger charge is -2.21. The number of carbonyl (C=O) groups excluding carboxylic acids is 1. The molecule has 0 N–H and O–H groups in total. The Kier molecular flexibility index (Phi) is 3.48. The summed E-state index contributed by atoms with van der Waals surface area (Å²) in [4.78, 5) is 16.2. The molecule has 3 nitrogen and oxygen atoms in total. The molecule has 2 unspecified atom stereocenters. The molecule has 1 saturated heterocycles. The van der Waals surface area contributed by atoms with Crippen molar-refractivity contribution in [3.8, 4) is 0 Å². The van der Waals surface area contributed by atoms with Crippen LogP contribution in [0.5, 0.6) is 0 Å². The minimum Gasteiger partial charge on any atom is -0.336 e. The van der Waals surface area contributed by atoms with E-state index >= 15 is 0 Å². The number of benzene rings is 1. The van der Waals surface area contributed by atoms with E-state index in [1.807, 2.05) is 44.1 Å². The van der Waals surface area contributed by atoms with Crippen LogP contribution in [-0.4, -0.2) is 42.4 Å². The summed E-state index contributed by atoms with van der Waals surface area (Å²) in [7, 11) is 4.08. The van der Waals surface area contributed by atoms with E-state index in [1.165, 1.54) is 5.56 Å². The molecule has 0 spiro atoms. The third kappa shape index (κ3) is 2.50. The Hall–Kier alpha value is -1.35. The first kappa shape index (κ1) is 12.1. The zero-order valence-corrected chi connectivity index (χ0v) is 10.8. The van der Waals surface area contributed by atoms with Gasteiger partial charge in [0.25, 0.3) is 0 Å². The minimum atomic E-state index is 0.105. The standard InChI is InChI=1S/C14H20N2O/c1-11-13(15(2)3)10-16(14(11)17)9-12-7-5-4-6-8-12/h4-8,11,13H,9-10H2,1-3H3. The lowest BCUT2D eigenvalue weighted by atomic mass is 10.1. The Morgan fingerprint density at radius 3 is 2.47 bits per heavy atom. The Morgan fingerprint density at radius 1 is 1.29 bits per heavy atom. The van der Waals surface area contributed by atoms with Gasteiger partial charge in [-0.05, 0) is 19.7 Å². The first-order chi connectivity index (χ1) is 8.09. The molecule has 92 valence electrons. The van der Waals surface area contributed by atoms with Crippen molar-refractivity contribution in [1.29, 1.82) is 0 Å². The highest BCUT2D eigenvalue weighted by molar-refractivity contribution is 5.81. The number of likely N-dealkylation sites (tertiary alicyclic amines) is 1. The molecular weight excluding hydrogens is 212 g/mol. The van der Waals surface area contributed by atoms with Gasteiger partial charge in [-0.1, -0.05) is 37.3 Å². The van der Waals surface area contributed by atoms with Crippen molar-refractivity contribution in [2.24, 2.45) is 5.92 Å². The lowest BCUT2D eigenvalue weighted by Crippen LogP contribution is -2.34. The smallest absolute Gasteiger partial charge is 0.227 e. The summed E-state index contributed by atoms with van der Waals surface area (Å²) in [5.41, 5.74) is 1.20. The van der Waals surface area contributed by atoms with E-state index in [4.69, 9.17) is 0 Å². The fourth-order valence-electron chi connectivity index (χ4n) is 2.48. The number of rotatable bonds is 3. The second-order valence-electron chi connectivity index (χ2n) is 5.02. The summed E-state index contributed by atoms with van der Waals surface area (Å²) in [6, 6.07) is 10.5. The number of nitrogens with zero attached hydrogens (tertiary/aromatic N) is 2. The highest BCUT2D eigenvalue weighted by Crippen LogP contribution is 2.23. The van der Waals surface area contributed by atoms with E-state index in [1.54, 1.807) is 0 Å². The van der Waals surface area contributed by atoms with E-state index in [9.17, 15) is 4.79 Å². The third-order valence-corrected chi connectivity index (χ3v) is 3.57. The molecular formula is C14H20N2O. The average Bonchev–Trinajstić information content (AvgIpc) is 2.59. The van der Waals surface area contributed by atoms with Gasteiger partial charge in [0.05, 0.1) is 5.92 Å². The summed E-state index contributed by atoms with van der Waals surface area (Å²) in [5, 5.41) is 0. The van der Waals surface area contributed by atoms with Crippen molar-refractivity contribution in [2.45, 2.75) is 19.5 Å². The van der Waals surface area contributed by atoms with Gasteiger partial charge in [-0.3, -0.25) is 4.79 Å². The summed E-state index contributed by atoms with van der Waals surface area (Å²) < 4.78 is 0. The normalized spacial score (nSPS) is 24.7. The maximum Gasteiger partial charge on any atom is 0.227 e. The fourth-order valence-corrected chi connectivity index (χ4v) is 2.48. The van der Waals surface area contributed by atoms with Crippen LogP contribution in [0, 0.1) is 5.92 Å². The Morgan fingerprint density at radius 2 is 1.94 bits per heavy atom. The highest BCUT2D eigenvalue weighted by Gasteiger charge is 2.37. The molecule has 1 aromatic rings. The van der Waals surface area contributed by atoms with Crippen LogP contribution in [0.2, 0.25) is 0 Å². The third-order valence-electron chi connectivity index (χ3n) is 3.57. The van der Waals surface area contributed by atoms with Crippen LogP contribution in [0.1, 0.15) is 12.5 Å². The van der Waals surface area contributed by atoms with Crippen LogP contribution < -0.4 is 0 Å². The monoisotopic (exact) mass is 232 g/mol. The molecule has 1 heterocycles. The van der Waals surface area contributed by atoms with Crippen LogP contribution in [0.4, 0.5) is 0 Å². The zero-order chi connectivity index (χ0) is 12.4. The zero-order valence-electron chi connectivity index (χ0n) is 10.8. The van der Waals surface area contributed by atoms with Crippen LogP contribution >= 0.6 is 0 Å². The number of likely N-dealkylation sites (N-methyl/N-ethyl adjacent to an activating group) is 1. The molecule has 0 aliphatic carbocycles. The van der Waals surface area contributed by atoms with Gasteiger partial charge in [-0.2, -0.15) is 0 Å². The highest BCUT2D eigenvalue weighted by atomic mass is 16.2. The molecule has 2 atom stereocenters. The quantitative estimate of drug-likeness (QED) is 0.790. The van der Waals surface area contributed by atoms with Crippen molar-refractivity contribution in [2.75, 3.05) is 20.6 Å². The molecule has 17 heavy (non-hydrogen) atoms. The average molecular weight is 232 g/mol. The predicted octanol–water partition coefficient (Wildman–Crippen LogP) is 1.60. The maximum absolute atomic E-state index is 12.1. The van der Waals surface area contributed by atoms with Crippen molar-refractivity contribution in [3.05, 3.63) is 35.9 Å². The van der Waals surface area contributed by atoms with Gasteiger partial charge >= 0.3 is 0 Å². The van der Waals surface area contributed by atoms with Gasteiger partial charge < -0.3 is 9.80 Å². The molecule has 0 radical (unpaired) electrons. The second-order valence-corrected chi connectivity index (χ2v) is 5.02. The van der Waals surface area contributed by atoms with Gasteiger partial charge in [0.2, 0.25) is 5.91 Å². The van der Waals surface area contributed by atoms with E-state index in [2.05, 4.69) is 17.0 Å². The van der Waals surface area contributed by atoms with Gasteiger partial charge in [0.15, 0.2) is 0 Å². The number of hydrogen-bond acceptors (Lipinski definition) is 2. The molecule has 0 saturated carbocycles. The SMILES string of the molecule is CC1C(=O)N(Cc2ccccc2)CC1N(C)C. The minimum absolute atomic E-state index is 0.105. The van der Waals surface area contributed by atoms with Crippen molar-refractivity contribution in [3.63, 3.8) is 0 Å². The summed E-state index contributed by atoms with van der Waals surface area (Å²) >= 11 is 0. The fraction of sp³-hybridized carbons (Fsp3) is 0.500. The summed E-state index contributed by atoms with van der Waals surface area (Å²) in [5.74, 6) is 0.376. The van der Waals surface area contributed by atoms with E-state index < -0.39 is 0 Å². The molecule has 1 aromatic carbocycles. The van der Waals surface area contributed by atoms with Gasteiger partial charge in [-0.25, -0.2) is 0 Å². The van der Waals surface area contributed by atoms with Crippen LogP contribution in [0.3, 0.4) is 0 Å². The summed E-state index contributed by atoms with van der Waals surface area (Å²) in [6.07, 6.45) is 0. The van der Waals surface area contributed by atoms with Gasteiger partial charge in [-0.15, -0.1) is 0 Å². The van der Waals surface area contributed by atoms with Gasteiger partial charge in [0, 0.05) is 19.1 Å². The molecule has 3 heteroatoms. The molecule has 1 fully saturated rings. The van der Waals surface area contributed by atoms with Crippen molar-refractivity contribution in [1.82, 2.24) is 9.80 Å². The summed E-state index contributed by atoms with van der Waals surface area (Å²) in [6.45, 7) is 3.59. The lowest BCUT2D eigenvalue weighted by molar-refractivity contribution is -0.131. The van der Waals surface area contributed by atoms with Crippen LogP contribution in [0.25, 0.3) is 0 Å². The topological polar surface area (TPSA) is 23.6 Å². The largest absolute Gasteiger partial charge is 0.336 e. The van der Waals surface area contributed by atoms with E-state index in [0.717, 1.165) is 13.1 Å². The molecule has 1 amide bonds. The number of amides is 1. The molecule has 0 aromatic heterocycles. The van der Waals surface area contributed by atoms with E-state index in [0.29, 0.717) is 6.04 Å². The van der Waals surface area contributed by atoms with Crippen LogP contribution in [-0.2, 0) is 11.3 Å². The predicted molar refractivity (Wildman–Crippen MR) is 68.5 cm³/mol. The molecule has 2 rings (SSSR count). The number of hydrogen-bond donors (Lipinski definition) is 0. The molecule has 0 bridgehead atoms. The molecule has 1 aliphatic rings. The maximum atomic E-state index is 12.1. The number of carbonyl (C=O) groups is 1. The second kappa shape index (κ2) is 4.88. The first-order valence-corrected chi connectivity index (χ1v) is 6.08. The van der Waals surface area contributed by atoms with Crippen LogP contribution in [0.15, 0.2) is 30.3 Å². The van der Waals surface area contributed by atoms with Gasteiger partial charge in [0.1, 0.15) is 0 Å². The Bertz CT molecular complexity index is 388. The molecule has 1 aliphatic heterocycles. The Labute approximate surface area is 103 Å². The Balaban J connectivity index is 2.06. The van der Waals surface area contributed by atoms with E-state index in [-0.39, 0.29) is 11.8 Å².